The number of fused-ring (bicyclic) bond motifs is 1. The zero-order chi connectivity index (χ0) is 19.8. The number of hydrogen-bond acceptors (Lipinski definition) is 3. The van der Waals surface area contributed by atoms with Gasteiger partial charge in [0.2, 0.25) is 5.89 Å². The van der Waals surface area contributed by atoms with E-state index in [0.29, 0.717) is 32.8 Å². The van der Waals surface area contributed by atoms with Gasteiger partial charge in [-0.25, -0.2) is 4.98 Å². The van der Waals surface area contributed by atoms with Crippen LogP contribution in [0.1, 0.15) is 15.9 Å². The van der Waals surface area contributed by atoms with Crippen LogP contribution in [0.4, 0.5) is 5.69 Å². The highest BCUT2D eigenvalue weighted by Crippen LogP contribution is 2.32. The van der Waals surface area contributed by atoms with Crippen LogP contribution in [0.5, 0.6) is 0 Å². The summed E-state index contributed by atoms with van der Waals surface area (Å²) in [6.45, 7) is 1.99. The minimum atomic E-state index is -0.417. The van der Waals surface area contributed by atoms with E-state index < -0.39 is 5.91 Å². The predicted octanol–water partition coefficient (Wildman–Crippen LogP) is 7.02. The lowest BCUT2D eigenvalue weighted by Gasteiger charge is -2.10. The van der Waals surface area contributed by atoms with E-state index in [4.69, 9.17) is 39.2 Å². The summed E-state index contributed by atoms with van der Waals surface area (Å²) in [4.78, 5) is 17.1. The standard InChI is InChI=1S/C21H13Cl3N2O2/c1-11-5-8-18-17(9-11)26-21(28-18)12-6-7-14(22)16(10-12)25-20(27)13-3-2-4-15(23)19(13)24/h2-10H,1H3,(H,25,27). The Morgan fingerprint density at radius 3 is 2.64 bits per heavy atom. The summed E-state index contributed by atoms with van der Waals surface area (Å²) in [6.07, 6.45) is 0. The monoisotopic (exact) mass is 430 g/mol. The lowest BCUT2D eigenvalue weighted by molar-refractivity contribution is 0.102. The van der Waals surface area contributed by atoms with E-state index in [1.165, 1.54) is 0 Å². The average molecular weight is 432 g/mol. The molecule has 3 aromatic carbocycles. The van der Waals surface area contributed by atoms with E-state index in [1.54, 1.807) is 36.4 Å². The number of aryl methyl sites for hydroxylation is 1. The molecule has 0 aliphatic heterocycles. The number of nitrogens with zero attached hydrogens (tertiary/aromatic N) is 1. The van der Waals surface area contributed by atoms with Crippen LogP contribution in [0, 0.1) is 6.92 Å². The lowest BCUT2D eigenvalue weighted by Crippen LogP contribution is -2.13. The molecule has 1 heterocycles. The van der Waals surface area contributed by atoms with Crippen molar-refractivity contribution in [3.63, 3.8) is 0 Å². The van der Waals surface area contributed by atoms with Gasteiger partial charge in [-0.2, -0.15) is 0 Å². The maximum Gasteiger partial charge on any atom is 0.257 e. The van der Waals surface area contributed by atoms with Crippen molar-refractivity contribution in [2.75, 3.05) is 5.32 Å². The molecule has 0 spiro atoms. The second-order valence-electron chi connectivity index (χ2n) is 6.24. The van der Waals surface area contributed by atoms with Gasteiger partial charge in [0.25, 0.3) is 5.91 Å². The van der Waals surface area contributed by atoms with Crippen LogP contribution in [0.15, 0.2) is 59.0 Å². The van der Waals surface area contributed by atoms with Crippen molar-refractivity contribution in [1.82, 2.24) is 4.98 Å². The number of halogens is 3. The highest BCUT2D eigenvalue weighted by atomic mass is 35.5. The number of benzene rings is 3. The van der Waals surface area contributed by atoms with Gasteiger partial charge < -0.3 is 9.73 Å². The molecule has 0 saturated heterocycles. The fraction of sp³-hybridized carbons (Fsp3) is 0.0476. The molecule has 0 aliphatic rings. The molecule has 1 amide bonds. The van der Waals surface area contributed by atoms with Crippen LogP contribution in [0.2, 0.25) is 15.1 Å². The summed E-state index contributed by atoms with van der Waals surface area (Å²) in [5.41, 5.74) is 3.90. The van der Waals surface area contributed by atoms with Crippen molar-refractivity contribution in [3.8, 4) is 11.5 Å². The van der Waals surface area contributed by atoms with Gasteiger partial charge in [-0.3, -0.25) is 4.79 Å². The van der Waals surface area contributed by atoms with Crippen LogP contribution in [-0.2, 0) is 0 Å². The van der Waals surface area contributed by atoms with Gasteiger partial charge in [-0.05, 0) is 55.0 Å². The summed E-state index contributed by atoms with van der Waals surface area (Å²) >= 11 is 18.4. The molecule has 1 aromatic heterocycles. The first kappa shape index (κ1) is 18.8. The predicted molar refractivity (Wildman–Crippen MR) is 114 cm³/mol. The largest absolute Gasteiger partial charge is 0.436 e. The molecular weight excluding hydrogens is 419 g/mol. The SMILES string of the molecule is Cc1ccc2oc(-c3ccc(Cl)c(NC(=O)c4cccc(Cl)c4Cl)c3)nc2c1. The fourth-order valence-electron chi connectivity index (χ4n) is 2.78. The van der Waals surface area contributed by atoms with E-state index >= 15 is 0 Å². The smallest absolute Gasteiger partial charge is 0.257 e. The van der Waals surface area contributed by atoms with Crippen molar-refractivity contribution in [1.29, 1.82) is 0 Å². The summed E-state index contributed by atoms with van der Waals surface area (Å²) < 4.78 is 5.82. The van der Waals surface area contributed by atoms with Gasteiger partial charge in [0.05, 0.1) is 26.3 Å². The van der Waals surface area contributed by atoms with Gasteiger partial charge in [0.15, 0.2) is 5.58 Å². The molecule has 0 aliphatic carbocycles. The Labute approximate surface area is 176 Å². The first-order chi connectivity index (χ1) is 13.4. The van der Waals surface area contributed by atoms with E-state index in [9.17, 15) is 4.79 Å². The second kappa shape index (κ2) is 7.47. The Morgan fingerprint density at radius 2 is 1.82 bits per heavy atom. The molecule has 28 heavy (non-hydrogen) atoms. The number of oxazole rings is 1. The van der Waals surface area contributed by atoms with Crippen molar-refractivity contribution in [2.24, 2.45) is 0 Å². The summed E-state index contributed by atoms with van der Waals surface area (Å²) in [6, 6.07) is 15.8. The molecule has 0 saturated carbocycles. The molecule has 4 aromatic rings. The zero-order valence-corrected chi connectivity index (χ0v) is 16.9. The lowest BCUT2D eigenvalue weighted by atomic mass is 10.1. The quantitative estimate of drug-likeness (QED) is 0.379. The van der Waals surface area contributed by atoms with Gasteiger partial charge in [-0.1, -0.05) is 46.9 Å². The molecule has 140 valence electrons. The number of rotatable bonds is 3. The molecule has 0 fully saturated rings. The molecule has 0 bridgehead atoms. The molecule has 7 heteroatoms. The van der Waals surface area contributed by atoms with Crippen molar-refractivity contribution in [3.05, 3.63) is 80.8 Å². The molecule has 4 rings (SSSR count). The van der Waals surface area contributed by atoms with Crippen LogP contribution < -0.4 is 5.32 Å². The van der Waals surface area contributed by atoms with Crippen LogP contribution in [0.25, 0.3) is 22.6 Å². The highest BCUT2D eigenvalue weighted by molar-refractivity contribution is 6.44. The zero-order valence-electron chi connectivity index (χ0n) is 14.6. The Bertz CT molecular complexity index is 1220. The average Bonchev–Trinajstić information content (AvgIpc) is 3.08. The van der Waals surface area contributed by atoms with Gasteiger partial charge in [-0.15, -0.1) is 0 Å². The molecular formula is C21H13Cl3N2O2. The first-order valence-corrected chi connectivity index (χ1v) is 9.48. The maximum absolute atomic E-state index is 12.6. The number of anilines is 1. The van der Waals surface area contributed by atoms with Gasteiger partial charge in [0, 0.05) is 5.56 Å². The molecule has 0 radical (unpaired) electrons. The molecule has 0 atom stereocenters. The number of carbonyl (C=O) groups excluding carboxylic acids is 1. The van der Waals surface area contributed by atoms with E-state index in [2.05, 4.69) is 10.3 Å². The highest BCUT2D eigenvalue weighted by Gasteiger charge is 2.16. The number of carbonyl (C=O) groups is 1. The fourth-order valence-corrected chi connectivity index (χ4v) is 3.33. The second-order valence-corrected chi connectivity index (χ2v) is 7.43. The van der Waals surface area contributed by atoms with Gasteiger partial charge >= 0.3 is 0 Å². The summed E-state index contributed by atoms with van der Waals surface area (Å²) in [5.74, 6) is 0.0216. The van der Waals surface area contributed by atoms with Crippen LogP contribution in [0.3, 0.4) is 0 Å². The van der Waals surface area contributed by atoms with Crippen LogP contribution in [-0.4, -0.2) is 10.9 Å². The Kier molecular flexibility index (Phi) is 5.02. The Hall–Kier alpha value is -2.53. The molecule has 4 nitrogen and oxygen atoms in total. The minimum Gasteiger partial charge on any atom is -0.436 e. The Morgan fingerprint density at radius 1 is 1.00 bits per heavy atom. The first-order valence-electron chi connectivity index (χ1n) is 8.35. The summed E-state index contributed by atoms with van der Waals surface area (Å²) in [5, 5.41) is 3.63. The van der Waals surface area contributed by atoms with E-state index in [0.717, 1.165) is 11.1 Å². The normalized spacial score (nSPS) is 11.0. The maximum atomic E-state index is 12.6. The minimum absolute atomic E-state index is 0.184. The number of hydrogen-bond donors (Lipinski definition) is 1. The van der Waals surface area contributed by atoms with E-state index in [1.807, 2.05) is 25.1 Å². The summed E-state index contributed by atoms with van der Waals surface area (Å²) in [7, 11) is 0. The van der Waals surface area contributed by atoms with Gasteiger partial charge in [0.1, 0.15) is 5.52 Å². The van der Waals surface area contributed by atoms with Crippen molar-refractivity contribution in [2.45, 2.75) is 6.92 Å². The third-order valence-electron chi connectivity index (χ3n) is 4.20. The third-order valence-corrected chi connectivity index (χ3v) is 5.35. The van der Waals surface area contributed by atoms with E-state index in [-0.39, 0.29) is 10.6 Å². The number of amides is 1. The van der Waals surface area contributed by atoms with Crippen molar-refractivity contribution < 1.29 is 9.21 Å². The topological polar surface area (TPSA) is 55.1 Å². The Balaban J connectivity index is 1.68. The number of nitrogens with one attached hydrogen (secondary N) is 1. The number of aromatic nitrogens is 1. The van der Waals surface area contributed by atoms with Crippen molar-refractivity contribution >= 4 is 57.5 Å². The molecule has 1 N–H and O–H groups in total. The third kappa shape index (κ3) is 3.59. The molecule has 0 unspecified atom stereocenters. The van der Waals surface area contributed by atoms with Crippen LogP contribution >= 0.6 is 34.8 Å².